The second-order valence-corrected chi connectivity index (χ2v) is 9.57. The third-order valence-electron chi connectivity index (χ3n) is 5.41. The van der Waals surface area contributed by atoms with Crippen LogP contribution in [0.1, 0.15) is 18.2 Å². The Kier molecular flexibility index (Phi) is 7.65. The fourth-order valence-corrected chi connectivity index (χ4v) is 4.86. The highest BCUT2D eigenvalue weighted by Crippen LogP contribution is 2.34. The number of hydrogen-bond acceptors (Lipinski definition) is 9. The predicted octanol–water partition coefficient (Wildman–Crippen LogP) is 5.10. The zero-order valence-corrected chi connectivity index (χ0v) is 21.4. The maximum absolute atomic E-state index is 11.6. The van der Waals surface area contributed by atoms with Gasteiger partial charge in [0.1, 0.15) is 18.2 Å². The van der Waals surface area contributed by atoms with Gasteiger partial charge < -0.3 is 20.1 Å². The van der Waals surface area contributed by atoms with Crippen molar-refractivity contribution in [2.75, 3.05) is 18.4 Å². The van der Waals surface area contributed by atoms with Crippen molar-refractivity contribution in [1.82, 2.24) is 25.6 Å². The summed E-state index contributed by atoms with van der Waals surface area (Å²) in [7, 11) is 0. The van der Waals surface area contributed by atoms with Crippen LogP contribution in [0.2, 0.25) is 5.02 Å². The second kappa shape index (κ2) is 11.4. The second-order valence-electron chi connectivity index (χ2n) is 8.11. The molecule has 1 amide bonds. The van der Waals surface area contributed by atoms with Crippen LogP contribution < -0.4 is 20.7 Å². The molecule has 0 aliphatic carbocycles. The van der Waals surface area contributed by atoms with Crippen LogP contribution in [0.25, 0.3) is 10.2 Å². The molecule has 188 valence electrons. The smallest absolute Gasteiger partial charge is 0.407 e. The number of halogens is 1. The van der Waals surface area contributed by atoms with Gasteiger partial charge in [-0.15, -0.1) is 11.3 Å². The van der Waals surface area contributed by atoms with E-state index in [0.29, 0.717) is 42.0 Å². The van der Waals surface area contributed by atoms with Gasteiger partial charge in [0, 0.05) is 37.5 Å². The summed E-state index contributed by atoms with van der Waals surface area (Å²) in [5, 5.41) is 9.68. The zero-order chi connectivity index (χ0) is 25.6. The fraction of sp³-hybridized carbons (Fsp3) is 0.231. The lowest BCUT2D eigenvalue weighted by atomic mass is 10.2. The minimum atomic E-state index is -0.400. The molecule has 11 heteroatoms. The third-order valence-corrected chi connectivity index (χ3v) is 6.75. The van der Waals surface area contributed by atoms with Gasteiger partial charge in [-0.05, 0) is 37.3 Å². The van der Waals surface area contributed by atoms with Crippen molar-refractivity contribution in [1.29, 1.82) is 0 Å². The Morgan fingerprint density at radius 2 is 2.16 bits per heavy atom. The molecule has 1 aromatic carbocycles. The van der Waals surface area contributed by atoms with E-state index in [0.717, 1.165) is 20.8 Å². The minimum Gasteiger partial charge on any atom is -0.445 e. The maximum atomic E-state index is 11.6. The van der Waals surface area contributed by atoms with Gasteiger partial charge in [0.2, 0.25) is 5.88 Å². The SMILES string of the molecule is CCNC(=O)O[C@H]1CN[C@@H](C#Cc2cc3ncnc(Nc4ccc(Oc5ccccn5)c(Cl)c4)c3s2)C1. The number of benzene rings is 1. The number of rotatable bonds is 6. The lowest BCUT2D eigenvalue weighted by Gasteiger charge is -2.10. The van der Waals surface area contributed by atoms with Crippen molar-refractivity contribution in [3.8, 4) is 23.5 Å². The minimum absolute atomic E-state index is 0.0534. The van der Waals surface area contributed by atoms with Crippen molar-refractivity contribution in [2.45, 2.75) is 25.5 Å². The van der Waals surface area contributed by atoms with Crippen molar-refractivity contribution < 1.29 is 14.3 Å². The first-order chi connectivity index (χ1) is 18.1. The Bertz CT molecular complexity index is 1470. The molecular weight excluding hydrogens is 512 g/mol. The highest BCUT2D eigenvalue weighted by Gasteiger charge is 2.25. The van der Waals surface area contributed by atoms with E-state index in [9.17, 15) is 4.79 Å². The average Bonchev–Trinajstić information content (AvgIpc) is 3.52. The molecule has 4 aromatic rings. The summed E-state index contributed by atoms with van der Waals surface area (Å²) in [4.78, 5) is 25.4. The topological polar surface area (TPSA) is 110 Å². The van der Waals surface area contributed by atoms with E-state index in [1.165, 1.54) is 17.7 Å². The Labute approximate surface area is 222 Å². The monoisotopic (exact) mass is 534 g/mol. The van der Waals surface area contributed by atoms with Crippen LogP contribution in [0.15, 0.2) is 55.0 Å². The average molecular weight is 535 g/mol. The molecule has 1 aliphatic heterocycles. The molecule has 2 atom stereocenters. The molecule has 1 fully saturated rings. The lowest BCUT2D eigenvalue weighted by Crippen LogP contribution is -2.29. The Hall–Kier alpha value is -3.91. The summed E-state index contributed by atoms with van der Waals surface area (Å²) in [5.74, 6) is 8.08. The van der Waals surface area contributed by atoms with E-state index in [1.54, 1.807) is 24.4 Å². The number of amides is 1. The summed E-state index contributed by atoms with van der Waals surface area (Å²) >= 11 is 7.95. The van der Waals surface area contributed by atoms with Gasteiger partial charge in [0.05, 0.1) is 26.2 Å². The maximum Gasteiger partial charge on any atom is 0.407 e. The van der Waals surface area contributed by atoms with Crippen molar-refractivity contribution in [3.63, 3.8) is 0 Å². The number of nitrogens with zero attached hydrogens (tertiary/aromatic N) is 3. The molecule has 5 rings (SSSR count). The number of fused-ring (bicyclic) bond motifs is 1. The van der Waals surface area contributed by atoms with E-state index in [2.05, 4.69) is 42.7 Å². The molecule has 1 aliphatic rings. The molecule has 0 saturated carbocycles. The summed E-state index contributed by atoms with van der Waals surface area (Å²) in [6, 6.07) is 12.7. The van der Waals surface area contributed by atoms with Gasteiger partial charge in [-0.25, -0.2) is 19.7 Å². The van der Waals surface area contributed by atoms with Gasteiger partial charge in [-0.1, -0.05) is 29.5 Å². The van der Waals surface area contributed by atoms with Gasteiger partial charge in [0.25, 0.3) is 0 Å². The van der Waals surface area contributed by atoms with Gasteiger partial charge >= 0.3 is 6.09 Å². The number of carbonyl (C=O) groups excluding carboxylic acids is 1. The quantitative estimate of drug-likeness (QED) is 0.293. The molecule has 9 nitrogen and oxygen atoms in total. The van der Waals surface area contributed by atoms with E-state index in [1.807, 2.05) is 31.2 Å². The van der Waals surface area contributed by atoms with E-state index in [4.69, 9.17) is 21.1 Å². The summed E-state index contributed by atoms with van der Waals surface area (Å²) in [6.07, 6.45) is 3.22. The van der Waals surface area contributed by atoms with Crippen molar-refractivity contribution >= 4 is 50.8 Å². The summed E-state index contributed by atoms with van der Waals surface area (Å²) in [5.41, 5.74) is 1.55. The first-order valence-corrected chi connectivity index (χ1v) is 12.9. The van der Waals surface area contributed by atoms with Crippen LogP contribution >= 0.6 is 22.9 Å². The number of thiophene rings is 1. The molecule has 37 heavy (non-hydrogen) atoms. The number of anilines is 2. The van der Waals surface area contributed by atoms with Crippen LogP contribution in [0.5, 0.6) is 11.6 Å². The predicted molar refractivity (Wildman–Crippen MR) is 144 cm³/mol. The molecule has 0 bridgehead atoms. The zero-order valence-electron chi connectivity index (χ0n) is 19.8. The van der Waals surface area contributed by atoms with E-state index in [-0.39, 0.29) is 12.1 Å². The normalized spacial score (nSPS) is 16.6. The van der Waals surface area contributed by atoms with Crippen LogP contribution in [-0.2, 0) is 4.74 Å². The standard InChI is InChI=1S/C26H23ClN6O3S/c1-2-28-26(34)35-18-11-16(30-14-18)6-8-19-13-21-24(37-19)25(32-15-31-21)33-17-7-9-22(20(27)12-17)36-23-5-3-4-10-29-23/h3-5,7,9-10,12-13,15-16,18,30H,2,11,14H2,1H3,(H,28,34)(H,31,32,33)/t16-,18+/m0/s1. The lowest BCUT2D eigenvalue weighted by molar-refractivity contribution is 0.107. The van der Waals surface area contributed by atoms with E-state index < -0.39 is 6.09 Å². The Balaban J connectivity index is 1.27. The number of aromatic nitrogens is 3. The largest absolute Gasteiger partial charge is 0.445 e. The Morgan fingerprint density at radius 1 is 1.24 bits per heavy atom. The van der Waals surface area contributed by atoms with Crippen molar-refractivity contribution in [3.05, 3.63) is 64.9 Å². The van der Waals surface area contributed by atoms with Crippen molar-refractivity contribution in [2.24, 2.45) is 0 Å². The number of alkyl carbamates (subject to hydrolysis) is 1. The van der Waals surface area contributed by atoms with Gasteiger partial charge in [-0.2, -0.15) is 0 Å². The number of carbonyl (C=O) groups is 1. The summed E-state index contributed by atoms with van der Waals surface area (Å²) in [6.45, 7) is 2.97. The third kappa shape index (κ3) is 6.27. The molecule has 0 spiro atoms. The molecule has 1 saturated heterocycles. The van der Waals surface area contributed by atoms with Crippen LogP contribution in [0, 0.1) is 11.8 Å². The van der Waals surface area contributed by atoms with Crippen LogP contribution in [0.3, 0.4) is 0 Å². The number of hydrogen-bond donors (Lipinski definition) is 3. The highest BCUT2D eigenvalue weighted by atomic mass is 35.5. The number of nitrogens with one attached hydrogen (secondary N) is 3. The summed E-state index contributed by atoms with van der Waals surface area (Å²) < 4.78 is 12.0. The molecule has 3 N–H and O–H groups in total. The molecule has 3 aromatic heterocycles. The number of ether oxygens (including phenoxy) is 2. The highest BCUT2D eigenvalue weighted by molar-refractivity contribution is 7.20. The molecule has 4 heterocycles. The number of pyridine rings is 1. The fourth-order valence-electron chi connectivity index (χ4n) is 3.72. The van der Waals surface area contributed by atoms with E-state index >= 15 is 0 Å². The van der Waals surface area contributed by atoms with Crippen LogP contribution in [-0.4, -0.2) is 46.3 Å². The van der Waals surface area contributed by atoms with Gasteiger partial charge in [-0.3, -0.25) is 5.32 Å². The first-order valence-electron chi connectivity index (χ1n) is 11.7. The van der Waals surface area contributed by atoms with Gasteiger partial charge in [0.15, 0.2) is 5.82 Å². The first kappa shape index (κ1) is 24.8. The molecule has 0 unspecified atom stereocenters. The molecule has 0 radical (unpaired) electrons. The molecular formula is C26H23ClN6O3S. The Morgan fingerprint density at radius 3 is 2.97 bits per heavy atom. The van der Waals surface area contributed by atoms with Crippen LogP contribution in [0.4, 0.5) is 16.3 Å².